The van der Waals surface area contributed by atoms with Crippen LogP contribution in [0.3, 0.4) is 0 Å². The van der Waals surface area contributed by atoms with E-state index in [-0.39, 0.29) is 11.4 Å². The van der Waals surface area contributed by atoms with Crippen LogP contribution in [0.25, 0.3) is 0 Å². The van der Waals surface area contributed by atoms with Crippen LogP contribution >= 0.6 is 15.9 Å². The zero-order valence-electron chi connectivity index (χ0n) is 12.1. The normalized spacial score (nSPS) is 11.0. The molecule has 0 saturated carbocycles. The summed E-state index contributed by atoms with van der Waals surface area (Å²) in [7, 11) is 0. The number of rotatable bonds is 3. The second kappa shape index (κ2) is 6.22. The van der Waals surface area contributed by atoms with Gasteiger partial charge in [-0.25, -0.2) is 9.97 Å². The number of hydrogen-bond acceptors (Lipinski definition) is 4. The lowest BCUT2D eigenvalue weighted by Crippen LogP contribution is -2.40. The molecule has 1 aromatic heterocycles. The highest BCUT2D eigenvalue weighted by molar-refractivity contribution is 9.10. The van der Waals surface area contributed by atoms with Crippen molar-refractivity contribution < 1.29 is 4.79 Å². The van der Waals surface area contributed by atoms with Crippen molar-refractivity contribution >= 4 is 33.5 Å². The summed E-state index contributed by atoms with van der Waals surface area (Å²) in [6, 6.07) is 7.68. The van der Waals surface area contributed by atoms with Gasteiger partial charge in [-0.3, -0.25) is 4.79 Å². The third-order valence-electron chi connectivity index (χ3n) is 2.52. The number of nitrogens with zero attached hydrogens (tertiary/aromatic N) is 2. The third-order valence-corrected chi connectivity index (χ3v) is 3.21. The van der Waals surface area contributed by atoms with Crippen molar-refractivity contribution in [1.29, 1.82) is 0 Å². The highest BCUT2D eigenvalue weighted by Gasteiger charge is 2.15. The smallest absolute Gasteiger partial charge is 0.254 e. The van der Waals surface area contributed by atoms with Gasteiger partial charge in [0.15, 0.2) is 0 Å². The molecule has 0 atom stereocenters. The van der Waals surface area contributed by atoms with Crippen LogP contribution in [-0.2, 0) is 0 Å². The third kappa shape index (κ3) is 4.53. The summed E-state index contributed by atoms with van der Waals surface area (Å²) < 4.78 is 0.920. The van der Waals surface area contributed by atoms with E-state index in [1.165, 1.54) is 12.4 Å². The molecule has 0 aliphatic rings. The zero-order valence-corrected chi connectivity index (χ0v) is 13.7. The van der Waals surface area contributed by atoms with E-state index >= 15 is 0 Å². The lowest BCUT2D eigenvalue weighted by molar-refractivity contribution is 0.0919. The molecule has 5 nitrogen and oxygen atoms in total. The lowest BCUT2D eigenvalue weighted by atomic mass is 10.1. The van der Waals surface area contributed by atoms with Crippen molar-refractivity contribution in [2.75, 3.05) is 5.32 Å². The van der Waals surface area contributed by atoms with Crippen LogP contribution < -0.4 is 10.6 Å². The fourth-order valence-electron chi connectivity index (χ4n) is 1.61. The Kier molecular flexibility index (Phi) is 4.57. The van der Waals surface area contributed by atoms with Gasteiger partial charge >= 0.3 is 0 Å². The van der Waals surface area contributed by atoms with Gasteiger partial charge in [0.25, 0.3) is 5.91 Å². The van der Waals surface area contributed by atoms with E-state index in [4.69, 9.17) is 0 Å². The zero-order chi connectivity index (χ0) is 15.5. The standard InChI is InChI=1S/C15H17BrN4O/c1-15(2,3)20-13(21)10-8-17-14(18-9-10)19-12-7-5-4-6-11(12)16/h4-9H,1-3H3,(H,20,21)(H,17,18,19). The fourth-order valence-corrected chi connectivity index (χ4v) is 1.99. The molecule has 110 valence electrons. The van der Waals surface area contributed by atoms with Crippen LogP contribution in [0.2, 0.25) is 0 Å². The first-order valence-corrected chi connectivity index (χ1v) is 7.30. The Bertz CT molecular complexity index is 635. The van der Waals surface area contributed by atoms with E-state index in [0.29, 0.717) is 11.5 Å². The van der Waals surface area contributed by atoms with Gasteiger partial charge in [-0.2, -0.15) is 0 Å². The molecular formula is C15H17BrN4O. The van der Waals surface area contributed by atoms with E-state index in [1.54, 1.807) is 0 Å². The second-order valence-corrected chi connectivity index (χ2v) is 6.46. The molecule has 1 heterocycles. The maximum absolute atomic E-state index is 12.0. The van der Waals surface area contributed by atoms with Gasteiger partial charge in [-0.15, -0.1) is 0 Å². The molecule has 0 fully saturated rings. The van der Waals surface area contributed by atoms with Crippen LogP contribution in [0.1, 0.15) is 31.1 Å². The second-order valence-electron chi connectivity index (χ2n) is 5.60. The van der Waals surface area contributed by atoms with Crippen molar-refractivity contribution in [3.05, 3.63) is 46.7 Å². The largest absolute Gasteiger partial charge is 0.347 e. The maximum Gasteiger partial charge on any atom is 0.254 e. The van der Waals surface area contributed by atoms with Gasteiger partial charge in [0.05, 0.1) is 11.3 Å². The van der Waals surface area contributed by atoms with Crippen LogP contribution in [0.5, 0.6) is 0 Å². The maximum atomic E-state index is 12.0. The number of anilines is 2. The lowest BCUT2D eigenvalue weighted by Gasteiger charge is -2.20. The fraction of sp³-hybridized carbons (Fsp3) is 0.267. The number of benzene rings is 1. The van der Waals surface area contributed by atoms with E-state index in [0.717, 1.165) is 10.2 Å². The first-order valence-electron chi connectivity index (χ1n) is 6.51. The van der Waals surface area contributed by atoms with E-state index in [1.807, 2.05) is 45.0 Å². The Morgan fingerprint density at radius 1 is 1.14 bits per heavy atom. The average molecular weight is 349 g/mol. The Hall–Kier alpha value is -1.95. The van der Waals surface area contributed by atoms with Crippen LogP contribution in [0.4, 0.5) is 11.6 Å². The van der Waals surface area contributed by atoms with Gasteiger partial charge in [0, 0.05) is 22.4 Å². The summed E-state index contributed by atoms with van der Waals surface area (Å²) in [6.07, 6.45) is 3.01. The molecule has 0 bridgehead atoms. The first kappa shape index (κ1) is 15.4. The number of amides is 1. The Morgan fingerprint density at radius 3 is 2.33 bits per heavy atom. The molecule has 0 unspecified atom stereocenters. The number of carbonyl (C=O) groups excluding carboxylic acids is 1. The molecule has 2 N–H and O–H groups in total. The summed E-state index contributed by atoms with van der Waals surface area (Å²) in [4.78, 5) is 20.3. The number of halogens is 1. The Balaban J connectivity index is 2.09. The van der Waals surface area contributed by atoms with Crippen LogP contribution in [0.15, 0.2) is 41.1 Å². The minimum absolute atomic E-state index is 0.185. The molecule has 0 aliphatic carbocycles. The molecule has 1 amide bonds. The minimum atomic E-state index is -0.289. The topological polar surface area (TPSA) is 66.9 Å². The Labute approximate surface area is 132 Å². The van der Waals surface area contributed by atoms with Crippen LogP contribution in [-0.4, -0.2) is 21.4 Å². The minimum Gasteiger partial charge on any atom is -0.347 e. The monoisotopic (exact) mass is 348 g/mol. The molecule has 0 radical (unpaired) electrons. The van der Waals surface area contributed by atoms with Crippen molar-refractivity contribution in [1.82, 2.24) is 15.3 Å². The van der Waals surface area contributed by atoms with E-state index < -0.39 is 0 Å². The molecule has 6 heteroatoms. The van der Waals surface area contributed by atoms with Crippen molar-refractivity contribution in [2.45, 2.75) is 26.3 Å². The molecule has 2 aromatic rings. The van der Waals surface area contributed by atoms with Crippen molar-refractivity contribution in [2.24, 2.45) is 0 Å². The Morgan fingerprint density at radius 2 is 1.76 bits per heavy atom. The number of hydrogen-bond donors (Lipinski definition) is 2. The predicted molar refractivity (Wildman–Crippen MR) is 86.7 cm³/mol. The number of nitrogens with one attached hydrogen (secondary N) is 2. The number of aromatic nitrogens is 2. The SMILES string of the molecule is CC(C)(C)NC(=O)c1cnc(Nc2ccccc2Br)nc1. The van der Waals surface area contributed by atoms with Crippen molar-refractivity contribution in [3.63, 3.8) is 0 Å². The summed E-state index contributed by atoms with van der Waals surface area (Å²) in [6.45, 7) is 5.78. The summed E-state index contributed by atoms with van der Waals surface area (Å²) in [5, 5.41) is 5.95. The van der Waals surface area contributed by atoms with E-state index in [2.05, 4.69) is 36.5 Å². The van der Waals surface area contributed by atoms with E-state index in [9.17, 15) is 4.79 Å². The summed E-state index contributed by atoms with van der Waals surface area (Å²) in [5.41, 5.74) is 1.01. The molecule has 0 aliphatic heterocycles. The molecule has 2 rings (SSSR count). The van der Waals surface area contributed by atoms with Gasteiger partial charge in [0.2, 0.25) is 5.95 Å². The average Bonchev–Trinajstić information content (AvgIpc) is 2.40. The predicted octanol–water partition coefficient (Wildman–Crippen LogP) is 3.51. The molecule has 21 heavy (non-hydrogen) atoms. The number of carbonyl (C=O) groups is 1. The quantitative estimate of drug-likeness (QED) is 0.890. The van der Waals surface area contributed by atoms with Gasteiger partial charge in [-0.05, 0) is 48.8 Å². The highest BCUT2D eigenvalue weighted by Crippen LogP contribution is 2.23. The van der Waals surface area contributed by atoms with Gasteiger partial charge in [-0.1, -0.05) is 12.1 Å². The molecule has 0 saturated heterocycles. The summed E-state index contributed by atoms with van der Waals surface area (Å²) >= 11 is 3.44. The number of para-hydroxylation sites is 1. The summed E-state index contributed by atoms with van der Waals surface area (Å²) in [5.74, 6) is 0.254. The first-order chi connectivity index (χ1) is 9.85. The molecular weight excluding hydrogens is 332 g/mol. The van der Waals surface area contributed by atoms with Gasteiger partial charge < -0.3 is 10.6 Å². The highest BCUT2D eigenvalue weighted by atomic mass is 79.9. The van der Waals surface area contributed by atoms with Crippen LogP contribution in [0, 0.1) is 0 Å². The van der Waals surface area contributed by atoms with Gasteiger partial charge in [0.1, 0.15) is 0 Å². The van der Waals surface area contributed by atoms with Crippen molar-refractivity contribution in [3.8, 4) is 0 Å². The molecule has 1 aromatic carbocycles. The molecule has 0 spiro atoms.